The number of esters is 2. The molecule has 1 aromatic carbocycles. The molecule has 5 nitrogen and oxygen atoms in total. The van der Waals surface area contributed by atoms with E-state index in [1.54, 1.807) is 6.92 Å². The number of hydrogen-bond donors (Lipinski definition) is 0. The van der Waals surface area contributed by atoms with Crippen LogP contribution in [-0.2, 0) is 20.7 Å². The van der Waals surface area contributed by atoms with Gasteiger partial charge in [-0.25, -0.2) is 4.79 Å². The van der Waals surface area contributed by atoms with Crippen molar-refractivity contribution in [2.45, 2.75) is 33.1 Å². The van der Waals surface area contributed by atoms with Crippen LogP contribution < -0.4 is 4.74 Å². The van der Waals surface area contributed by atoms with Crippen LogP contribution in [-0.4, -0.2) is 31.5 Å². The van der Waals surface area contributed by atoms with Crippen molar-refractivity contribution in [3.05, 3.63) is 29.3 Å². The minimum Gasteiger partial charge on any atom is -0.466 e. The number of hydrogen-bond acceptors (Lipinski definition) is 5. The van der Waals surface area contributed by atoms with E-state index in [1.165, 1.54) is 25.1 Å². The van der Waals surface area contributed by atoms with Gasteiger partial charge in [-0.05, 0) is 31.9 Å². The van der Waals surface area contributed by atoms with Crippen LogP contribution in [0, 0.1) is 0 Å². The number of para-hydroxylation sites is 1. The van der Waals surface area contributed by atoms with E-state index in [0.717, 1.165) is 0 Å². The molecule has 0 bridgehead atoms. The van der Waals surface area contributed by atoms with Crippen LogP contribution in [0.2, 0.25) is 0 Å². The van der Waals surface area contributed by atoms with Crippen LogP contribution >= 0.6 is 0 Å². The minimum atomic E-state index is -4.97. The van der Waals surface area contributed by atoms with E-state index >= 15 is 0 Å². The van der Waals surface area contributed by atoms with Gasteiger partial charge in [0, 0.05) is 6.42 Å². The van der Waals surface area contributed by atoms with Gasteiger partial charge in [-0.2, -0.15) is 0 Å². The second-order valence-electron chi connectivity index (χ2n) is 4.37. The lowest BCUT2D eigenvalue weighted by Crippen LogP contribution is -2.21. The Hall–Kier alpha value is -2.25. The Balaban J connectivity index is 3.10. The van der Waals surface area contributed by atoms with Crippen molar-refractivity contribution in [3.8, 4) is 5.75 Å². The highest BCUT2D eigenvalue weighted by Gasteiger charge is 2.34. The van der Waals surface area contributed by atoms with Crippen molar-refractivity contribution >= 4 is 11.9 Å². The molecule has 8 heteroatoms. The molecular formula is C15H17F3O5. The molecule has 0 N–H and O–H groups in total. The molecule has 0 aliphatic carbocycles. The predicted octanol–water partition coefficient (Wildman–Crippen LogP) is 3.26. The fraction of sp³-hybridized carbons (Fsp3) is 0.467. The minimum absolute atomic E-state index is 0.0113. The monoisotopic (exact) mass is 334 g/mol. The van der Waals surface area contributed by atoms with Gasteiger partial charge in [-0.3, -0.25) is 4.79 Å². The molecule has 1 rings (SSSR count). The number of ether oxygens (including phenoxy) is 3. The molecule has 1 aromatic rings. The quantitative estimate of drug-likeness (QED) is 0.716. The Morgan fingerprint density at radius 3 is 2.30 bits per heavy atom. The molecule has 23 heavy (non-hydrogen) atoms. The first-order valence-corrected chi connectivity index (χ1v) is 6.98. The highest BCUT2D eigenvalue weighted by atomic mass is 19.4. The average molecular weight is 334 g/mol. The average Bonchev–Trinajstić information content (AvgIpc) is 2.45. The molecule has 0 heterocycles. The third-order valence-corrected chi connectivity index (χ3v) is 2.71. The largest absolute Gasteiger partial charge is 0.573 e. The van der Waals surface area contributed by atoms with E-state index in [0.29, 0.717) is 0 Å². The van der Waals surface area contributed by atoms with Gasteiger partial charge >= 0.3 is 18.3 Å². The summed E-state index contributed by atoms with van der Waals surface area (Å²) in [5.41, 5.74) is -0.272. The molecule has 0 fully saturated rings. The molecule has 0 unspecified atom stereocenters. The maximum Gasteiger partial charge on any atom is 0.573 e. The molecule has 0 aliphatic rings. The van der Waals surface area contributed by atoms with Gasteiger partial charge in [-0.1, -0.05) is 12.1 Å². The van der Waals surface area contributed by atoms with Gasteiger partial charge in [0.2, 0.25) is 0 Å². The molecule has 0 atom stereocenters. The Kier molecular flexibility index (Phi) is 6.87. The van der Waals surface area contributed by atoms with Gasteiger partial charge in [0.1, 0.15) is 11.3 Å². The van der Waals surface area contributed by atoms with Crippen LogP contribution in [0.25, 0.3) is 0 Å². The van der Waals surface area contributed by atoms with Crippen LogP contribution in [0.5, 0.6) is 5.75 Å². The second kappa shape index (κ2) is 8.40. The van der Waals surface area contributed by atoms with E-state index in [1.807, 2.05) is 0 Å². The maximum absolute atomic E-state index is 12.6. The van der Waals surface area contributed by atoms with E-state index in [2.05, 4.69) is 4.74 Å². The van der Waals surface area contributed by atoms with Gasteiger partial charge in [0.25, 0.3) is 0 Å². The van der Waals surface area contributed by atoms with Crippen LogP contribution in [0.15, 0.2) is 18.2 Å². The summed E-state index contributed by atoms with van der Waals surface area (Å²) < 4.78 is 51.2. The number of carbonyl (C=O) groups excluding carboxylic acids is 2. The molecule has 0 saturated carbocycles. The number of aryl methyl sites for hydroxylation is 1. The zero-order valence-electron chi connectivity index (χ0n) is 12.7. The van der Waals surface area contributed by atoms with Crippen molar-refractivity contribution in [2.75, 3.05) is 13.2 Å². The summed E-state index contributed by atoms with van der Waals surface area (Å²) in [6.45, 7) is 3.34. The van der Waals surface area contributed by atoms with Crippen molar-refractivity contribution in [1.82, 2.24) is 0 Å². The molecule has 0 aliphatic heterocycles. The summed E-state index contributed by atoms with van der Waals surface area (Å²) in [7, 11) is 0. The smallest absolute Gasteiger partial charge is 0.466 e. The fourth-order valence-corrected chi connectivity index (χ4v) is 1.86. The summed E-state index contributed by atoms with van der Waals surface area (Å²) in [6.07, 6.45) is -5.16. The molecule has 0 amide bonds. The number of halogens is 3. The van der Waals surface area contributed by atoms with Crippen molar-refractivity contribution in [1.29, 1.82) is 0 Å². The van der Waals surface area contributed by atoms with Gasteiger partial charge < -0.3 is 14.2 Å². The predicted molar refractivity (Wildman–Crippen MR) is 74.0 cm³/mol. The first-order chi connectivity index (χ1) is 10.8. The Bertz CT molecular complexity index is 555. The lowest BCUT2D eigenvalue weighted by atomic mass is 10.0. The zero-order valence-corrected chi connectivity index (χ0v) is 12.7. The van der Waals surface area contributed by atoms with E-state index < -0.39 is 24.1 Å². The number of benzene rings is 1. The van der Waals surface area contributed by atoms with E-state index in [9.17, 15) is 22.8 Å². The normalized spacial score (nSPS) is 11.0. The van der Waals surface area contributed by atoms with Gasteiger partial charge in [-0.15, -0.1) is 13.2 Å². The zero-order chi connectivity index (χ0) is 17.5. The third kappa shape index (κ3) is 6.17. The first kappa shape index (κ1) is 18.8. The Labute approximate surface area is 131 Å². The Morgan fingerprint density at radius 2 is 1.74 bits per heavy atom. The highest BCUT2D eigenvalue weighted by molar-refractivity contribution is 5.93. The first-order valence-electron chi connectivity index (χ1n) is 6.98. The summed E-state index contributed by atoms with van der Waals surface area (Å²) in [6, 6.07) is 3.92. The Morgan fingerprint density at radius 1 is 1.09 bits per heavy atom. The molecule has 128 valence electrons. The standard InChI is InChI=1S/C15H17F3O5/c1-3-21-12(19)9-8-10-6-5-7-11(14(20)22-4-2)13(10)23-15(16,17)18/h5-7H,3-4,8-9H2,1-2H3. The summed E-state index contributed by atoms with van der Waals surface area (Å²) in [5, 5.41) is 0. The molecule has 0 aromatic heterocycles. The third-order valence-electron chi connectivity index (χ3n) is 2.71. The topological polar surface area (TPSA) is 61.8 Å². The fourth-order valence-electron chi connectivity index (χ4n) is 1.86. The molecular weight excluding hydrogens is 317 g/mol. The summed E-state index contributed by atoms with van der Waals surface area (Å²) >= 11 is 0. The summed E-state index contributed by atoms with van der Waals surface area (Å²) in [4.78, 5) is 23.1. The summed E-state index contributed by atoms with van der Waals surface area (Å²) in [5.74, 6) is -2.13. The number of rotatable bonds is 7. The van der Waals surface area contributed by atoms with E-state index in [-0.39, 0.29) is 37.2 Å². The lowest BCUT2D eigenvalue weighted by Gasteiger charge is -2.16. The van der Waals surface area contributed by atoms with E-state index in [4.69, 9.17) is 9.47 Å². The number of carbonyl (C=O) groups is 2. The molecule has 0 radical (unpaired) electrons. The second-order valence-corrected chi connectivity index (χ2v) is 4.37. The van der Waals surface area contributed by atoms with Crippen molar-refractivity contribution in [3.63, 3.8) is 0 Å². The van der Waals surface area contributed by atoms with Crippen molar-refractivity contribution in [2.24, 2.45) is 0 Å². The van der Waals surface area contributed by atoms with Crippen LogP contribution in [0.4, 0.5) is 13.2 Å². The number of alkyl halides is 3. The SMILES string of the molecule is CCOC(=O)CCc1cccc(C(=O)OCC)c1OC(F)(F)F. The molecule has 0 saturated heterocycles. The van der Waals surface area contributed by atoms with Crippen LogP contribution in [0.3, 0.4) is 0 Å². The van der Waals surface area contributed by atoms with Gasteiger partial charge in [0.05, 0.1) is 13.2 Å². The molecule has 0 spiro atoms. The van der Waals surface area contributed by atoms with Gasteiger partial charge in [0.15, 0.2) is 0 Å². The lowest BCUT2D eigenvalue weighted by molar-refractivity contribution is -0.275. The maximum atomic E-state index is 12.6. The highest BCUT2D eigenvalue weighted by Crippen LogP contribution is 2.31. The van der Waals surface area contributed by atoms with Crippen LogP contribution in [0.1, 0.15) is 36.2 Å². The van der Waals surface area contributed by atoms with Crippen molar-refractivity contribution < 1.29 is 37.0 Å².